The number of aromatic nitrogens is 2. The molecule has 14 heteroatoms. The fourth-order valence-corrected chi connectivity index (χ4v) is 5.68. The molecule has 1 aromatic heterocycles. The molecule has 0 amide bonds. The molecule has 202 valence electrons. The van der Waals surface area contributed by atoms with Gasteiger partial charge in [0.2, 0.25) is 5.82 Å². The number of ether oxygens (including phenoxy) is 1. The van der Waals surface area contributed by atoms with Crippen LogP contribution in [0.25, 0.3) is 10.8 Å². The van der Waals surface area contributed by atoms with Gasteiger partial charge < -0.3 is 19.5 Å². The molecule has 1 aliphatic heterocycles. The number of carboxylic acid groups (broad SMARTS) is 1. The van der Waals surface area contributed by atoms with Gasteiger partial charge in [-0.05, 0) is 18.4 Å². The molecular formula is C24H25FN3O9P. The molecule has 3 aromatic rings. The van der Waals surface area contributed by atoms with E-state index < -0.39 is 61.4 Å². The summed E-state index contributed by atoms with van der Waals surface area (Å²) in [6.45, 7) is 4.86. The van der Waals surface area contributed by atoms with Gasteiger partial charge in [0.05, 0.1) is 12.3 Å². The van der Waals surface area contributed by atoms with Crippen LogP contribution in [0, 0.1) is 5.82 Å². The summed E-state index contributed by atoms with van der Waals surface area (Å²) in [6.07, 6.45) is -3.53. The lowest BCUT2D eigenvalue weighted by Gasteiger charge is -2.29. The maximum atomic E-state index is 13.9. The number of hydrogen-bond donors (Lipinski definition) is 4. The Hall–Kier alpha value is -3.61. The normalized spacial score (nSPS) is 22.4. The fourth-order valence-electron chi connectivity index (χ4n) is 3.99. The van der Waals surface area contributed by atoms with Gasteiger partial charge in [-0.2, -0.15) is 9.48 Å². The molecule has 1 fully saturated rings. The number of aromatic amines is 1. The number of aliphatic carboxylic acids is 1. The number of benzene rings is 2. The number of H-pyrrole nitrogens is 1. The van der Waals surface area contributed by atoms with E-state index in [1.54, 1.807) is 41.4 Å². The predicted octanol–water partition coefficient (Wildman–Crippen LogP) is 2.30. The molecule has 0 radical (unpaired) electrons. The van der Waals surface area contributed by atoms with Gasteiger partial charge in [-0.15, -0.1) is 6.58 Å². The monoisotopic (exact) mass is 549 g/mol. The van der Waals surface area contributed by atoms with Crippen LogP contribution in [-0.4, -0.2) is 50.1 Å². The lowest BCUT2D eigenvalue weighted by Crippen LogP contribution is -2.39. The number of hydrogen-bond acceptors (Lipinski definition) is 8. The Kier molecular flexibility index (Phi) is 7.95. The third-order valence-corrected chi connectivity index (χ3v) is 7.54. The van der Waals surface area contributed by atoms with E-state index in [0.717, 1.165) is 9.95 Å². The van der Waals surface area contributed by atoms with Crippen molar-refractivity contribution >= 4 is 24.5 Å². The van der Waals surface area contributed by atoms with Gasteiger partial charge in [0.15, 0.2) is 0 Å². The number of nitrogens with zero attached hydrogens (tertiary/aromatic N) is 1. The Morgan fingerprint density at radius 3 is 2.74 bits per heavy atom. The summed E-state index contributed by atoms with van der Waals surface area (Å²) < 4.78 is 45.6. The second-order valence-corrected chi connectivity index (χ2v) is 10.2. The maximum absolute atomic E-state index is 13.9. The van der Waals surface area contributed by atoms with Crippen LogP contribution in [0.4, 0.5) is 4.39 Å². The van der Waals surface area contributed by atoms with E-state index in [-0.39, 0.29) is 12.2 Å². The van der Waals surface area contributed by atoms with Crippen LogP contribution in [0.3, 0.4) is 0 Å². The summed E-state index contributed by atoms with van der Waals surface area (Å²) in [5.41, 5.74) is -2.17. The fraction of sp³-hybridized carbons (Fsp3) is 0.292. The van der Waals surface area contributed by atoms with Crippen molar-refractivity contribution in [1.82, 2.24) is 14.6 Å². The number of halogens is 1. The van der Waals surface area contributed by atoms with Crippen LogP contribution in [0.15, 0.2) is 70.9 Å². The van der Waals surface area contributed by atoms with Crippen molar-refractivity contribution in [2.24, 2.45) is 0 Å². The van der Waals surface area contributed by atoms with Crippen LogP contribution >= 0.6 is 7.75 Å². The average Bonchev–Trinajstić information content (AvgIpc) is 3.26. The molecule has 0 spiro atoms. The minimum atomic E-state index is -4.49. The van der Waals surface area contributed by atoms with Crippen LogP contribution in [-0.2, 0) is 18.6 Å². The van der Waals surface area contributed by atoms with Gasteiger partial charge >= 0.3 is 19.4 Å². The van der Waals surface area contributed by atoms with Gasteiger partial charge in [-0.1, -0.05) is 42.5 Å². The van der Waals surface area contributed by atoms with E-state index >= 15 is 0 Å². The highest BCUT2D eigenvalue weighted by Crippen LogP contribution is 2.49. The standard InChI is InChI=1S/C24H25FN3O9P/c1-3-18(21-17(29)11-20(35-21)28-12-16(25)22(30)26-24(28)33)36-38(34,27-13(2)23(31)32)37-19-10-6-8-14-7-4-5-9-15(14)19/h3-10,12-13,17-18,20-21,29H,1,11H2,2H3,(H,27,34)(H,31,32)(H,26,30,33)/t13-,17-,18+,20+,21-,38-/m0/s1. The van der Waals surface area contributed by atoms with Gasteiger partial charge in [0, 0.05) is 11.8 Å². The zero-order valence-corrected chi connectivity index (χ0v) is 20.9. The predicted molar refractivity (Wildman–Crippen MR) is 133 cm³/mol. The third-order valence-electron chi connectivity index (χ3n) is 5.88. The van der Waals surface area contributed by atoms with Crippen LogP contribution in [0.1, 0.15) is 19.6 Å². The maximum Gasteiger partial charge on any atom is 0.460 e. The van der Waals surface area contributed by atoms with Crippen molar-refractivity contribution in [3.63, 3.8) is 0 Å². The first-order valence-electron chi connectivity index (χ1n) is 11.4. The summed E-state index contributed by atoms with van der Waals surface area (Å²) in [7, 11) is -4.49. The first-order valence-corrected chi connectivity index (χ1v) is 13.0. The molecule has 0 saturated carbocycles. The number of aliphatic hydroxyl groups excluding tert-OH is 1. The topological polar surface area (TPSA) is 169 Å². The Labute approximate surface area is 214 Å². The second-order valence-electron chi connectivity index (χ2n) is 8.56. The van der Waals surface area contributed by atoms with Gasteiger partial charge in [-0.3, -0.25) is 23.7 Å². The average molecular weight is 549 g/mol. The third kappa shape index (κ3) is 5.77. The minimum Gasteiger partial charge on any atom is -0.480 e. The van der Waals surface area contributed by atoms with Gasteiger partial charge in [0.1, 0.15) is 30.2 Å². The molecule has 1 aliphatic rings. The summed E-state index contributed by atoms with van der Waals surface area (Å²) in [5, 5.41) is 23.7. The van der Waals surface area contributed by atoms with Crippen molar-refractivity contribution in [3.8, 4) is 5.75 Å². The highest BCUT2D eigenvalue weighted by molar-refractivity contribution is 7.52. The van der Waals surface area contributed by atoms with E-state index in [0.29, 0.717) is 11.6 Å². The zero-order valence-electron chi connectivity index (χ0n) is 20.0. The Morgan fingerprint density at radius 1 is 1.32 bits per heavy atom. The zero-order chi connectivity index (χ0) is 27.6. The first-order chi connectivity index (χ1) is 18.0. The van der Waals surface area contributed by atoms with E-state index in [1.807, 2.05) is 0 Å². The second kappa shape index (κ2) is 11.0. The Morgan fingerprint density at radius 2 is 2.03 bits per heavy atom. The molecule has 38 heavy (non-hydrogen) atoms. The van der Waals surface area contributed by atoms with Gasteiger partial charge in [-0.25, -0.2) is 9.36 Å². The van der Waals surface area contributed by atoms with Gasteiger partial charge in [0.25, 0.3) is 5.56 Å². The molecule has 2 heterocycles. The Bertz CT molecular complexity index is 1520. The number of fused-ring (bicyclic) bond motifs is 1. The lowest BCUT2D eigenvalue weighted by molar-refractivity contribution is -0.138. The van der Waals surface area contributed by atoms with Crippen molar-refractivity contribution in [2.75, 3.05) is 0 Å². The first kappa shape index (κ1) is 27.4. The molecular weight excluding hydrogens is 524 g/mol. The molecule has 0 unspecified atom stereocenters. The summed E-state index contributed by atoms with van der Waals surface area (Å²) >= 11 is 0. The molecule has 0 bridgehead atoms. The van der Waals surface area contributed by atoms with Crippen molar-refractivity contribution in [2.45, 2.75) is 43.9 Å². The summed E-state index contributed by atoms with van der Waals surface area (Å²) in [5.74, 6) is -2.43. The largest absolute Gasteiger partial charge is 0.480 e. The Balaban J connectivity index is 1.63. The molecule has 4 N–H and O–H groups in total. The molecule has 0 aliphatic carbocycles. The molecule has 6 atom stereocenters. The SMILES string of the molecule is C=C[C@@H](O[P@@](=O)(N[C@@H](C)C(=O)O)Oc1cccc2ccccc12)[C@H]1O[C@@H](n2cc(F)c(=O)[nH]c2=O)C[C@@H]1O. The summed E-state index contributed by atoms with van der Waals surface area (Å²) in [4.78, 5) is 36.8. The van der Waals surface area contributed by atoms with E-state index in [1.165, 1.54) is 19.1 Å². The number of carbonyl (C=O) groups is 1. The van der Waals surface area contributed by atoms with Crippen molar-refractivity contribution in [1.29, 1.82) is 0 Å². The number of nitrogens with one attached hydrogen (secondary N) is 2. The van der Waals surface area contributed by atoms with Crippen LogP contribution in [0.5, 0.6) is 5.75 Å². The van der Waals surface area contributed by atoms with Crippen LogP contribution in [0.2, 0.25) is 0 Å². The highest BCUT2D eigenvalue weighted by Gasteiger charge is 2.44. The highest BCUT2D eigenvalue weighted by atomic mass is 31.2. The molecule has 12 nitrogen and oxygen atoms in total. The smallest absolute Gasteiger partial charge is 0.460 e. The summed E-state index contributed by atoms with van der Waals surface area (Å²) in [6, 6.07) is 10.7. The van der Waals surface area contributed by atoms with E-state index in [2.05, 4.69) is 11.7 Å². The van der Waals surface area contributed by atoms with Crippen molar-refractivity contribution < 1.29 is 37.7 Å². The van der Waals surface area contributed by atoms with Crippen molar-refractivity contribution in [3.05, 3.63) is 88.0 Å². The number of aliphatic hydroxyl groups is 1. The molecule has 4 rings (SSSR count). The molecule has 2 aromatic carbocycles. The molecule has 1 saturated heterocycles. The minimum absolute atomic E-state index is 0.139. The number of carboxylic acids is 1. The van der Waals surface area contributed by atoms with E-state index in [4.69, 9.17) is 13.8 Å². The number of rotatable bonds is 10. The lowest BCUT2D eigenvalue weighted by atomic mass is 10.1. The van der Waals surface area contributed by atoms with E-state index in [9.17, 15) is 33.6 Å². The van der Waals surface area contributed by atoms with Crippen LogP contribution < -0.4 is 20.9 Å². The quantitative estimate of drug-likeness (QED) is 0.217.